The summed E-state index contributed by atoms with van der Waals surface area (Å²) in [6.45, 7) is 0. The molecule has 0 radical (unpaired) electrons. The molecule has 2 aromatic carbocycles. The van der Waals surface area contributed by atoms with Crippen molar-refractivity contribution in [2.75, 3.05) is 5.73 Å². The van der Waals surface area contributed by atoms with E-state index >= 15 is 0 Å². The number of ketones is 2. The number of benzene rings is 2. The van der Waals surface area contributed by atoms with E-state index in [1.807, 2.05) is 0 Å². The number of nitrogen functional groups attached to an aromatic ring is 1. The lowest BCUT2D eigenvalue weighted by Gasteiger charge is -2.20. The number of carbonyl (C=O) groups excluding carboxylic acids is 2. The number of carbonyl (C=O) groups is 2. The van der Waals surface area contributed by atoms with Gasteiger partial charge >= 0.3 is 0 Å². The van der Waals surface area contributed by atoms with Crippen LogP contribution in [0, 0.1) is 0 Å². The summed E-state index contributed by atoms with van der Waals surface area (Å²) in [5, 5.41) is 0.457. The number of rotatable bonds is 0. The predicted molar refractivity (Wildman–Crippen MR) is 81.9 cm³/mol. The van der Waals surface area contributed by atoms with E-state index in [0.717, 1.165) is 0 Å². The fraction of sp³-hybridized carbons (Fsp3) is 0. The van der Waals surface area contributed by atoms with E-state index in [1.54, 1.807) is 12.1 Å². The van der Waals surface area contributed by atoms with Gasteiger partial charge < -0.3 is 5.73 Å². The van der Waals surface area contributed by atoms with Gasteiger partial charge in [-0.2, -0.15) is 0 Å². The van der Waals surface area contributed by atoms with Crippen molar-refractivity contribution in [3.8, 4) is 0 Å². The maximum absolute atomic E-state index is 12.6. The van der Waals surface area contributed by atoms with Crippen LogP contribution in [-0.4, -0.2) is 11.6 Å². The lowest BCUT2D eigenvalue weighted by molar-refractivity contribution is 0.0979. The smallest absolute Gasteiger partial charge is 0.196 e. The number of anilines is 1. The molecule has 2 aromatic rings. The monoisotopic (exact) mass is 369 g/mol. The zero-order valence-electron chi connectivity index (χ0n) is 9.84. The molecular weight excluding hydrogens is 365 g/mol. The van der Waals surface area contributed by atoms with Crippen LogP contribution in [0.4, 0.5) is 5.69 Å². The Morgan fingerprint density at radius 1 is 0.900 bits per heavy atom. The third-order valence-electron chi connectivity index (χ3n) is 3.19. The molecular formula is C14H6BrCl2NO2. The van der Waals surface area contributed by atoms with Crippen LogP contribution < -0.4 is 5.73 Å². The predicted octanol–water partition coefficient (Wildman–Crippen LogP) is 4.11. The van der Waals surface area contributed by atoms with Gasteiger partial charge in [0.05, 0.1) is 15.6 Å². The zero-order valence-corrected chi connectivity index (χ0v) is 12.9. The number of fused-ring (bicyclic) bond motifs is 2. The van der Waals surface area contributed by atoms with Crippen LogP contribution in [0.25, 0.3) is 0 Å². The zero-order chi connectivity index (χ0) is 14.6. The molecule has 6 heteroatoms. The summed E-state index contributed by atoms with van der Waals surface area (Å²) in [4.78, 5) is 25.1. The molecule has 3 nitrogen and oxygen atoms in total. The Kier molecular flexibility index (Phi) is 3.12. The normalized spacial score (nSPS) is 13.2. The minimum absolute atomic E-state index is 0.204. The van der Waals surface area contributed by atoms with Gasteiger partial charge in [0.1, 0.15) is 0 Å². The maximum atomic E-state index is 12.6. The molecule has 0 saturated carbocycles. The van der Waals surface area contributed by atoms with Crippen LogP contribution in [0.5, 0.6) is 0 Å². The molecule has 3 rings (SSSR count). The number of nitrogens with two attached hydrogens (primary N) is 1. The molecule has 0 aromatic heterocycles. The third-order valence-corrected chi connectivity index (χ3v) is 4.57. The van der Waals surface area contributed by atoms with Crippen molar-refractivity contribution in [3.63, 3.8) is 0 Å². The fourth-order valence-corrected chi connectivity index (χ4v) is 3.09. The molecule has 0 atom stereocenters. The largest absolute Gasteiger partial charge is 0.398 e. The maximum Gasteiger partial charge on any atom is 0.196 e. The van der Waals surface area contributed by atoms with Crippen LogP contribution in [0.3, 0.4) is 0 Å². The Labute approximate surface area is 132 Å². The van der Waals surface area contributed by atoms with Gasteiger partial charge in [0.25, 0.3) is 0 Å². The highest BCUT2D eigenvalue weighted by molar-refractivity contribution is 9.10. The molecule has 0 spiro atoms. The Balaban J connectivity index is 2.40. The lowest BCUT2D eigenvalue weighted by Crippen LogP contribution is -2.23. The molecule has 0 amide bonds. The van der Waals surface area contributed by atoms with Crippen molar-refractivity contribution >= 4 is 56.4 Å². The molecule has 1 aliphatic rings. The lowest BCUT2D eigenvalue weighted by atomic mass is 9.83. The highest BCUT2D eigenvalue weighted by Crippen LogP contribution is 2.37. The van der Waals surface area contributed by atoms with Gasteiger partial charge in [-0.15, -0.1) is 0 Å². The van der Waals surface area contributed by atoms with Crippen molar-refractivity contribution in [1.82, 2.24) is 0 Å². The van der Waals surface area contributed by atoms with Crippen molar-refractivity contribution in [3.05, 3.63) is 61.0 Å². The van der Waals surface area contributed by atoms with E-state index in [4.69, 9.17) is 28.9 Å². The standard InChI is InChI=1S/C14H6BrCl2NO2/c15-7-1-2-10(18)12-11(7)13(19)5-3-8(16)9(17)4-6(5)14(12)20/h1-4H,18H2. The summed E-state index contributed by atoms with van der Waals surface area (Å²) in [6, 6.07) is 6.04. The second-order valence-corrected chi connectivity index (χ2v) is 6.03. The summed E-state index contributed by atoms with van der Waals surface area (Å²) in [5.41, 5.74) is 7.03. The minimum atomic E-state index is -0.327. The minimum Gasteiger partial charge on any atom is -0.398 e. The first-order valence-corrected chi connectivity index (χ1v) is 7.13. The molecule has 100 valence electrons. The molecule has 0 saturated heterocycles. The fourth-order valence-electron chi connectivity index (χ4n) is 2.25. The summed E-state index contributed by atoms with van der Waals surface area (Å²) in [7, 11) is 0. The van der Waals surface area contributed by atoms with Gasteiger partial charge in [0, 0.05) is 26.9 Å². The molecule has 0 heterocycles. The molecule has 0 aliphatic heterocycles. The van der Waals surface area contributed by atoms with Gasteiger partial charge in [-0.1, -0.05) is 39.1 Å². The molecule has 0 bridgehead atoms. The first-order valence-electron chi connectivity index (χ1n) is 5.58. The average Bonchev–Trinajstić information content (AvgIpc) is 2.41. The van der Waals surface area contributed by atoms with Gasteiger partial charge in [-0.3, -0.25) is 9.59 Å². The first kappa shape index (κ1) is 13.6. The number of halogens is 3. The number of hydrogen-bond donors (Lipinski definition) is 1. The Morgan fingerprint density at radius 3 is 1.95 bits per heavy atom. The highest BCUT2D eigenvalue weighted by atomic mass is 79.9. The van der Waals surface area contributed by atoms with Crippen LogP contribution >= 0.6 is 39.1 Å². The van der Waals surface area contributed by atoms with E-state index < -0.39 is 0 Å². The van der Waals surface area contributed by atoms with Crippen molar-refractivity contribution in [2.24, 2.45) is 0 Å². The van der Waals surface area contributed by atoms with Crippen molar-refractivity contribution in [2.45, 2.75) is 0 Å². The molecule has 1 aliphatic carbocycles. The quantitative estimate of drug-likeness (QED) is 0.605. The Morgan fingerprint density at radius 2 is 1.40 bits per heavy atom. The van der Waals surface area contributed by atoms with Crippen molar-refractivity contribution in [1.29, 1.82) is 0 Å². The second-order valence-electron chi connectivity index (χ2n) is 4.36. The molecule has 0 unspecified atom stereocenters. The van der Waals surface area contributed by atoms with Crippen LogP contribution in [-0.2, 0) is 0 Å². The van der Waals surface area contributed by atoms with Gasteiger partial charge in [-0.25, -0.2) is 0 Å². The Bertz CT molecular complexity index is 736. The summed E-state index contributed by atoms with van der Waals surface area (Å²) < 4.78 is 0.525. The summed E-state index contributed by atoms with van der Waals surface area (Å²) >= 11 is 15.1. The van der Waals surface area contributed by atoms with Gasteiger partial charge in [0.15, 0.2) is 11.6 Å². The molecule has 2 N–H and O–H groups in total. The van der Waals surface area contributed by atoms with Crippen molar-refractivity contribution < 1.29 is 9.59 Å². The third kappa shape index (κ3) is 1.79. The van der Waals surface area contributed by atoms with E-state index in [1.165, 1.54) is 12.1 Å². The number of hydrogen-bond acceptors (Lipinski definition) is 3. The van der Waals surface area contributed by atoms with Crippen LogP contribution in [0.2, 0.25) is 10.0 Å². The Hall–Kier alpha value is -1.36. The highest BCUT2D eigenvalue weighted by Gasteiger charge is 2.33. The van der Waals surface area contributed by atoms with Crippen LogP contribution in [0.15, 0.2) is 28.7 Å². The van der Waals surface area contributed by atoms with Crippen LogP contribution in [0.1, 0.15) is 31.8 Å². The van der Waals surface area contributed by atoms with E-state index in [0.29, 0.717) is 4.47 Å². The topological polar surface area (TPSA) is 60.2 Å². The van der Waals surface area contributed by atoms with E-state index in [2.05, 4.69) is 15.9 Å². The van der Waals surface area contributed by atoms with E-state index in [9.17, 15) is 9.59 Å². The van der Waals surface area contributed by atoms with Gasteiger partial charge in [0.2, 0.25) is 0 Å². The summed E-state index contributed by atoms with van der Waals surface area (Å²) in [6.07, 6.45) is 0. The summed E-state index contributed by atoms with van der Waals surface area (Å²) in [5.74, 6) is -0.626. The first-order chi connectivity index (χ1) is 9.41. The molecule has 0 fully saturated rings. The second kappa shape index (κ2) is 4.58. The van der Waals surface area contributed by atoms with E-state index in [-0.39, 0.29) is 49.6 Å². The van der Waals surface area contributed by atoms with Gasteiger partial charge in [-0.05, 0) is 24.3 Å². The average molecular weight is 371 g/mol. The SMILES string of the molecule is Nc1ccc(Br)c2c1C(=O)c1cc(Cl)c(Cl)cc1C2=O. The molecule has 20 heavy (non-hydrogen) atoms.